The van der Waals surface area contributed by atoms with Crippen LogP contribution in [0.5, 0.6) is 11.5 Å². The summed E-state index contributed by atoms with van der Waals surface area (Å²) in [5.41, 5.74) is 2.84. The second-order valence-electron chi connectivity index (χ2n) is 8.02. The van der Waals surface area contributed by atoms with E-state index in [0.29, 0.717) is 31.1 Å². The molecule has 4 aromatic rings. The first-order valence-corrected chi connectivity index (χ1v) is 11.3. The zero-order chi connectivity index (χ0) is 22.8. The highest BCUT2D eigenvalue weighted by molar-refractivity contribution is 6.30. The average molecular weight is 462 g/mol. The van der Waals surface area contributed by atoms with Crippen molar-refractivity contribution in [1.29, 1.82) is 0 Å². The maximum absolute atomic E-state index is 12.9. The molecule has 3 aromatic carbocycles. The summed E-state index contributed by atoms with van der Waals surface area (Å²) in [5.74, 6) is 2.56. The van der Waals surface area contributed by atoms with E-state index in [0.717, 1.165) is 34.0 Å². The fourth-order valence-corrected chi connectivity index (χ4v) is 4.44. The summed E-state index contributed by atoms with van der Waals surface area (Å²) in [6.07, 6.45) is 0.424. The van der Waals surface area contributed by atoms with E-state index in [2.05, 4.69) is 10.6 Å². The smallest absolute Gasteiger partial charge is 0.227 e. The van der Waals surface area contributed by atoms with E-state index >= 15 is 0 Å². The number of amides is 1. The fraction of sp³-hybridized carbons (Fsp3) is 0.231. The first kappa shape index (κ1) is 21.3. The van der Waals surface area contributed by atoms with Gasteiger partial charge in [0, 0.05) is 29.6 Å². The number of anilines is 1. The Morgan fingerprint density at radius 2 is 1.73 bits per heavy atom. The van der Waals surface area contributed by atoms with Crippen LogP contribution in [-0.4, -0.2) is 35.7 Å². The highest BCUT2D eigenvalue weighted by Gasteiger charge is 2.34. The van der Waals surface area contributed by atoms with Crippen molar-refractivity contribution in [2.75, 3.05) is 25.2 Å². The molecule has 0 spiro atoms. The number of ether oxygens (including phenoxy) is 2. The molecule has 1 atom stereocenters. The molecule has 5 rings (SSSR count). The molecule has 33 heavy (non-hydrogen) atoms. The molecule has 0 saturated carbocycles. The number of rotatable bonds is 7. The normalized spacial score (nSPS) is 15.9. The monoisotopic (exact) mass is 461 g/mol. The van der Waals surface area contributed by atoms with Crippen LogP contribution >= 0.6 is 11.6 Å². The van der Waals surface area contributed by atoms with Crippen LogP contribution in [0.4, 0.5) is 5.69 Å². The molecule has 0 N–H and O–H groups in total. The summed E-state index contributed by atoms with van der Waals surface area (Å²) in [7, 11) is 1.63. The number of carbonyl (C=O) groups is 1. The average Bonchev–Trinajstić information content (AvgIpc) is 3.41. The molecule has 1 aromatic heterocycles. The van der Waals surface area contributed by atoms with Gasteiger partial charge < -0.3 is 18.9 Å². The lowest BCUT2D eigenvalue weighted by Gasteiger charge is -2.18. The van der Waals surface area contributed by atoms with E-state index in [9.17, 15) is 4.79 Å². The van der Waals surface area contributed by atoms with E-state index in [4.69, 9.17) is 26.1 Å². The Kier molecular flexibility index (Phi) is 5.92. The molecule has 0 unspecified atom stereocenters. The summed E-state index contributed by atoms with van der Waals surface area (Å²) in [4.78, 5) is 19.6. The number of nitrogens with zero attached hydrogens (tertiary/aromatic N) is 3. The maximum Gasteiger partial charge on any atom is 0.227 e. The molecule has 1 saturated heterocycles. The van der Waals surface area contributed by atoms with Gasteiger partial charge in [0.15, 0.2) is 0 Å². The Morgan fingerprint density at radius 3 is 2.48 bits per heavy atom. The highest BCUT2D eigenvalue weighted by Crippen LogP contribution is 2.33. The molecule has 1 aliphatic heterocycles. The van der Waals surface area contributed by atoms with Gasteiger partial charge in [0.25, 0.3) is 0 Å². The summed E-state index contributed by atoms with van der Waals surface area (Å²) >= 11 is 5.96. The van der Waals surface area contributed by atoms with Crippen LogP contribution < -0.4 is 14.4 Å². The molecule has 6 nitrogen and oxygen atoms in total. The van der Waals surface area contributed by atoms with E-state index in [1.165, 1.54) is 0 Å². The number of carbonyl (C=O) groups excluding carboxylic acids is 1. The van der Waals surface area contributed by atoms with Gasteiger partial charge in [-0.05, 0) is 60.7 Å². The number of hydrogen-bond donors (Lipinski definition) is 0. The highest BCUT2D eigenvalue weighted by atomic mass is 35.5. The summed E-state index contributed by atoms with van der Waals surface area (Å²) in [5, 5.41) is 0.678. The van der Waals surface area contributed by atoms with E-state index in [1.54, 1.807) is 7.11 Å². The third kappa shape index (κ3) is 4.39. The Balaban J connectivity index is 1.38. The molecular weight excluding hydrogens is 438 g/mol. The van der Waals surface area contributed by atoms with Gasteiger partial charge in [-0.25, -0.2) is 4.98 Å². The first-order chi connectivity index (χ1) is 16.1. The zero-order valence-corrected chi connectivity index (χ0v) is 19.0. The maximum atomic E-state index is 12.9. The number of fused-ring (bicyclic) bond motifs is 1. The molecule has 1 amide bonds. The summed E-state index contributed by atoms with van der Waals surface area (Å²) in [6.45, 7) is 1.70. The molecular formula is C26H24ClN3O3. The van der Waals surface area contributed by atoms with Crippen molar-refractivity contribution in [3.8, 4) is 11.5 Å². The summed E-state index contributed by atoms with van der Waals surface area (Å²) in [6, 6.07) is 23.0. The molecule has 7 heteroatoms. The van der Waals surface area contributed by atoms with Crippen molar-refractivity contribution < 1.29 is 14.3 Å². The number of imidazole rings is 1. The lowest BCUT2D eigenvalue weighted by molar-refractivity contribution is -0.117. The standard InChI is InChI=1S/C26H24ClN3O3/c1-32-21-12-8-20(9-13-21)30-17-18(16-25(30)31)26-28-23-4-2-3-5-24(23)29(26)14-15-33-22-10-6-19(27)7-11-22/h2-13,18H,14-17H2,1H3/t18-/m1/s1. The Bertz CT molecular complexity index is 1270. The number of benzene rings is 3. The van der Waals surface area contributed by atoms with Crippen LogP contribution in [0.1, 0.15) is 18.2 Å². The van der Waals surface area contributed by atoms with Crippen LogP contribution in [0, 0.1) is 0 Å². The van der Waals surface area contributed by atoms with Gasteiger partial charge in [0.1, 0.15) is 23.9 Å². The Morgan fingerprint density at radius 1 is 1.00 bits per heavy atom. The SMILES string of the molecule is COc1ccc(N2C[C@H](c3nc4ccccc4n3CCOc3ccc(Cl)cc3)CC2=O)cc1. The van der Waals surface area contributed by atoms with Crippen LogP contribution in [0.15, 0.2) is 72.8 Å². The van der Waals surface area contributed by atoms with Gasteiger partial charge in [-0.3, -0.25) is 4.79 Å². The van der Waals surface area contributed by atoms with Crippen LogP contribution in [-0.2, 0) is 11.3 Å². The number of aromatic nitrogens is 2. The molecule has 0 aliphatic carbocycles. The number of para-hydroxylation sites is 2. The van der Waals surface area contributed by atoms with E-state index < -0.39 is 0 Å². The van der Waals surface area contributed by atoms with Crippen molar-refractivity contribution in [3.63, 3.8) is 0 Å². The minimum Gasteiger partial charge on any atom is -0.497 e. The van der Waals surface area contributed by atoms with Gasteiger partial charge in [0.2, 0.25) is 5.91 Å². The minimum atomic E-state index is 0.00235. The van der Waals surface area contributed by atoms with Gasteiger partial charge in [-0.15, -0.1) is 0 Å². The van der Waals surface area contributed by atoms with Crippen molar-refractivity contribution >= 4 is 34.2 Å². The third-order valence-electron chi connectivity index (χ3n) is 5.96. The fourth-order valence-electron chi connectivity index (χ4n) is 4.32. The van der Waals surface area contributed by atoms with Gasteiger partial charge in [-0.1, -0.05) is 23.7 Å². The van der Waals surface area contributed by atoms with Gasteiger partial charge in [-0.2, -0.15) is 0 Å². The van der Waals surface area contributed by atoms with Crippen LogP contribution in [0.2, 0.25) is 5.02 Å². The molecule has 1 aliphatic rings. The van der Waals surface area contributed by atoms with E-state index in [-0.39, 0.29) is 11.8 Å². The predicted molar refractivity (Wildman–Crippen MR) is 129 cm³/mol. The lowest BCUT2D eigenvalue weighted by atomic mass is 10.1. The molecule has 0 radical (unpaired) electrons. The van der Waals surface area contributed by atoms with Crippen LogP contribution in [0.25, 0.3) is 11.0 Å². The molecule has 2 heterocycles. The zero-order valence-electron chi connectivity index (χ0n) is 18.3. The number of methoxy groups -OCH3 is 1. The van der Waals surface area contributed by atoms with Crippen molar-refractivity contribution in [1.82, 2.24) is 9.55 Å². The Hall–Kier alpha value is -3.51. The van der Waals surface area contributed by atoms with E-state index in [1.807, 2.05) is 71.6 Å². The van der Waals surface area contributed by atoms with Gasteiger partial charge in [0.05, 0.1) is 24.7 Å². The first-order valence-electron chi connectivity index (χ1n) is 10.9. The largest absolute Gasteiger partial charge is 0.497 e. The summed E-state index contributed by atoms with van der Waals surface area (Å²) < 4.78 is 13.4. The van der Waals surface area contributed by atoms with Crippen LogP contribution in [0.3, 0.4) is 0 Å². The van der Waals surface area contributed by atoms with Gasteiger partial charge >= 0.3 is 0 Å². The number of halogens is 1. The van der Waals surface area contributed by atoms with Crippen molar-refractivity contribution in [2.24, 2.45) is 0 Å². The molecule has 0 bridgehead atoms. The quantitative estimate of drug-likeness (QED) is 0.375. The topological polar surface area (TPSA) is 56.6 Å². The number of hydrogen-bond acceptors (Lipinski definition) is 4. The molecule has 1 fully saturated rings. The lowest BCUT2D eigenvalue weighted by Crippen LogP contribution is -2.24. The predicted octanol–water partition coefficient (Wildman–Crippen LogP) is 5.30. The Labute approximate surface area is 197 Å². The minimum absolute atomic E-state index is 0.00235. The second-order valence-corrected chi connectivity index (χ2v) is 8.45. The molecule has 168 valence electrons. The third-order valence-corrected chi connectivity index (χ3v) is 6.21. The van der Waals surface area contributed by atoms with Crippen molar-refractivity contribution in [2.45, 2.75) is 18.9 Å². The second kappa shape index (κ2) is 9.16. The van der Waals surface area contributed by atoms with Crippen molar-refractivity contribution in [3.05, 3.63) is 83.6 Å².